The molecule has 116 valence electrons. The van der Waals surface area contributed by atoms with Crippen molar-refractivity contribution < 1.29 is 9.53 Å². The summed E-state index contributed by atoms with van der Waals surface area (Å²) in [5, 5.41) is 6.13. The van der Waals surface area contributed by atoms with Crippen molar-refractivity contribution >= 4 is 17.2 Å². The smallest absolute Gasteiger partial charge is 0.223 e. The summed E-state index contributed by atoms with van der Waals surface area (Å²) < 4.78 is 5.28. The molecule has 0 bridgehead atoms. The van der Waals surface area contributed by atoms with Crippen LogP contribution in [-0.2, 0) is 16.0 Å². The molecule has 1 saturated heterocycles. The van der Waals surface area contributed by atoms with Gasteiger partial charge in [-0.15, -0.1) is 11.3 Å². The molecular weight excluding hydrogens is 296 g/mol. The van der Waals surface area contributed by atoms with Crippen molar-refractivity contribution in [3.05, 3.63) is 41.4 Å². The maximum absolute atomic E-state index is 12.0. The lowest BCUT2D eigenvalue weighted by molar-refractivity contribution is -0.127. The first-order chi connectivity index (χ1) is 10.8. The standard InChI is InChI=1S/C17H20N2O2S/c20-16(13-7-10-21-11-8-13)18-9-6-15-12-22-17(19-15)14-4-2-1-3-5-14/h1-5,12-13H,6-11H2,(H,18,20). The summed E-state index contributed by atoms with van der Waals surface area (Å²) in [6, 6.07) is 10.2. The van der Waals surface area contributed by atoms with Gasteiger partial charge in [-0.25, -0.2) is 4.98 Å². The molecule has 22 heavy (non-hydrogen) atoms. The predicted molar refractivity (Wildman–Crippen MR) is 87.8 cm³/mol. The number of hydrogen-bond acceptors (Lipinski definition) is 4. The molecule has 0 unspecified atom stereocenters. The number of nitrogens with zero attached hydrogens (tertiary/aromatic N) is 1. The molecule has 3 rings (SSSR count). The average Bonchev–Trinajstić information content (AvgIpc) is 3.05. The van der Waals surface area contributed by atoms with E-state index in [0.717, 1.165) is 35.5 Å². The molecule has 2 aromatic rings. The molecule has 0 radical (unpaired) electrons. The fourth-order valence-electron chi connectivity index (χ4n) is 2.55. The number of ether oxygens (including phenoxy) is 1. The number of thiazole rings is 1. The normalized spacial score (nSPS) is 15.6. The van der Waals surface area contributed by atoms with Crippen LogP contribution in [0, 0.1) is 5.92 Å². The second kappa shape index (κ2) is 7.51. The van der Waals surface area contributed by atoms with Crippen LogP contribution in [0.5, 0.6) is 0 Å². The van der Waals surface area contributed by atoms with Gasteiger partial charge < -0.3 is 10.1 Å². The number of carbonyl (C=O) groups is 1. The topological polar surface area (TPSA) is 51.2 Å². The second-order valence-electron chi connectivity index (χ2n) is 5.44. The Morgan fingerprint density at radius 2 is 2.05 bits per heavy atom. The fraction of sp³-hybridized carbons (Fsp3) is 0.412. The maximum Gasteiger partial charge on any atom is 0.223 e. The van der Waals surface area contributed by atoms with Crippen molar-refractivity contribution in [2.45, 2.75) is 19.3 Å². The molecule has 0 saturated carbocycles. The highest BCUT2D eigenvalue weighted by Crippen LogP contribution is 2.23. The summed E-state index contributed by atoms with van der Waals surface area (Å²) in [6.07, 6.45) is 2.44. The van der Waals surface area contributed by atoms with Crippen molar-refractivity contribution in [1.29, 1.82) is 0 Å². The summed E-state index contributed by atoms with van der Waals surface area (Å²) in [7, 11) is 0. The van der Waals surface area contributed by atoms with Crippen molar-refractivity contribution in [3.8, 4) is 10.6 Å². The average molecular weight is 316 g/mol. The van der Waals surface area contributed by atoms with E-state index in [1.807, 2.05) is 18.2 Å². The Hall–Kier alpha value is -1.72. The zero-order chi connectivity index (χ0) is 15.2. The minimum atomic E-state index is 0.115. The highest BCUT2D eigenvalue weighted by atomic mass is 32.1. The number of benzene rings is 1. The van der Waals surface area contributed by atoms with Gasteiger partial charge in [-0.05, 0) is 12.8 Å². The van der Waals surface area contributed by atoms with E-state index in [1.54, 1.807) is 11.3 Å². The number of rotatable bonds is 5. The van der Waals surface area contributed by atoms with Crippen LogP contribution in [0.4, 0.5) is 0 Å². The largest absolute Gasteiger partial charge is 0.381 e. The molecular formula is C17H20N2O2S. The van der Waals surface area contributed by atoms with Crippen LogP contribution in [0.25, 0.3) is 10.6 Å². The third kappa shape index (κ3) is 3.93. The Morgan fingerprint density at radius 3 is 2.82 bits per heavy atom. The highest BCUT2D eigenvalue weighted by Gasteiger charge is 2.20. The number of carbonyl (C=O) groups excluding carboxylic acids is 1. The molecule has 5 heteroatoms. The van der Waals surface area contributed by atoms with Crippen LogP contribution in [0.15, 0.2) is 35.7 Å². The number of hydrogen-bond donors (Lipinski definition) is 1. The third-order valence-corrected chi connectivity index (χ3v) is 4.79. The summed E-state index contributed by atoms with van der Waals surface area (Å²) in [4.78, 5) is 16.7. The lowest BCUT2D eigenvalue weighted by Gasteiger charge is -2.21. The predicted octanol–water partition coefficient (Wildman–Crippen LogP) is 2.90. The highest BCUT2D eigenvalue weighted by molar-refractivity contribution is 7.13. The van der Waals surface area contributed by atoms with E-state index in [0.29, 0.717) is 19.8 Å². The molecule has 1 aromatic carbocycles. The van der Waals surface area contributed by atoms with Gasteiger partial charge in [-0.2, -0.15) is 0 Å². The van der Waals surface area contributed by atoms with Crippen LogP contribution >= 0.6 is 11.3 Å². The van der Waals surface area contributed by atoms with Crippen LogP contribution in [0.2, 0.25) is 0 Å². The van der Waals surface area contributed by atoms with Gasteiger partial charge in [-0.3, -0.25) is 4.79 Å². The first-order valence-corrected chi connectivity index (χ1v) is 8.56. The van der Waals surface area contributed by atoms with Gasteiger partial charge in [0, 0.05) is 43.0 Å². The van der Waals surface area contributed by atoms with Crippen molar-refractivity contribution in [1.82, 2.24) is 10.3 Å². The number of aromatic nitrogens is 1. The molecule has 2 heterocycles. The van der Waals surface area contributed by atoms with E-state index in [-0.39, 0.29) is 11.8 Å². The fourth-order valence-corrected chi connectivity index (χ4v) is 3.41. The molecule has 1 fully saturated rings. The van der Waals surface area contributed by atoms with Crippen LogP contribution in [0.3, 0.4) is 0 Å². The molecule has 1 amide bonds. The Balaban J connectivity index is 1.48. The van der Waals surface area contributed by atoms with E-state index in [9.17, 15) is 4.79 Å². The first-order valence-electron chi connectivity index (χ1n) is 7.68. The summed E-state index contributed by atoms with van der Waals surface area (Å²) >= 11 is 1.65. The van der Waals surface area contributed by atoms with E-state index < -0.39 is 0 Å². The molecule has 1 aromatic heterocycles. The minimum absolute atomic E-state index is 0.115. The molecule has 1 N–H and O–H groups in total. The van der Waals surface area contributed by atoms with E-state index in [2.05, 4.69) is 27.8 Å². The van der Waals surface area contributed by atoms with Gasteiger partial charge in [0.15, 0.2) is 0 Å². The van der Waals surface area contributed by atoms with Crippen molar-refractivity contribution in [2.75, 3.05) is 19.8 Å². The zero-order valence-corrected chi connectivity index (χ0v) is 13.3. The number of nitrogens with one attached hydrogen (secondary N) is 1. The van der Waals surface area contributed by atoms with E-state index in [4.69, 9.17) is 4.74 Å². The summed E-state index contributed by atoms with van der Waals surface area (Å²) in [5.74, 6) is 0.269. The minimum Gasteiger partial charge on any atom is -0.381 e. The summed E-state index contributed by atoms with van der Waals surface area (Å²) in [5.41, 5.74) is 2.18. The van der Waals surface area contributed by atoms with Crippen molar-refractivity contribution in [3.63, 3.8) is 0 Å². The lowest BCUT2D eigenvalue weighted by Crippen LogP contribution is -2.35. The van der Waals surface area contributed by atoms with Crippen LogP contribution < -0.4 is 5.32 Å². The monoisotopic (exact) mass is 316 g/mol. The Bertz CT molecular complexity index is 606. The molecule has 0 aliphatic carbocycles. The Labute approximate surface area is 134 Å². The SMILES string of the molecule is O=C(NCCc1csc(-c2ccccc2)n1)C1CCOCC1. The zero-order valence-electron chi connectivity index (χ0n) is 12.5. The lowest BCUT2D eigenvalue weighted by atomic mass is 9.99. The van der Waals surface area contributed by atoms with Gasteiger partial charge >= 0.3 is 0 Å². The second-order valence-corrected chi connectivity index (χ2v) is 6.30. The Kier molecular flexibility index (Phi) is 5.19. The summed E-state index contributed by atoms with van der Waals surface area (Å²) in [6.45, 7) is 2.05. The van der Waals surface area contributed by atoms with Gasteiger partial charge in [0.25, 0.3) is 0 Å². The van der Waals surface area contributed by atoms with Gasteiger partial charge in [0.2, 0.25) is 5.91 Å². The van der Waals surface area contributed by atoms with Crippen LogP contribution in [-0.4, -0.2) is 30.6 Å². The van der Waals surface area contributed by atoms with Crippen molar-refractivity contribution in [2.24, 2.45) is 5.92 Å². The van der Waals surface area contributed by atoms with E-state index >= 15 is 0 Å². The Morgan fingerprint density at radius 1 is 1.27 bits per heavy atom. The molecule has 0 atom stereocenters. The quantitative estimate of drug-likeness (QED) is 0.923. The molecule has 0 spiro atoms. The van der Waals surface area contributed by atoms with E-state index in [1.165, 1.54) is 0 Å². The van der Waals surface area contributed by atoms with Gasteiger partial charge in [0.1, 0.15) is 5.01 Å². The van der Waals surface area contributed by atoms with Gasteiger partial charge in [-0.1, -0.05) is 30.3 Å². The van der Waals surface area contributed by atoms with Crippen LogP contribution in [0.1, 0.15) is 18.5 Å². The third-order valence-electron chi connectivity index (χ3n) is 3.84. The first kappa shape index (κ1) is 15.2. The van der Waals surface area contributed by atoms with Gasteiger partial charge in [0.05, 0.1) is 5.69 Å². The molecule has 4 nitrogen and oxygen atoms in total. The maximum atomic E-state index is 12.0. The molecule has 1 aliphatic rings. The number of amides is 1. The molecule has 1 aliphatic heterocycles.